The molecule has 6 rings (SSSR count). The summed E-state index contributed by atoms with van der Waals surface area (Å²) in [6, 6.07) is 28.1. The fraction of sp³-hybridized carbons (Fsp3) is 0.457. The van der Waals surface area contributed by atoms with Crippen molar-refractivity contribution in [3.63, 3.8) is 0 Å². The van der Waals surface area contributed by atoms with Crippen molar-refractivity contribution >= 4 is 10.9 Å². The molecule has 2 aliphatic carbocycles. The van der Waals surface area contributed by atoms with E-state index in [0.29, 0.717) is 5.92 Å². The topological polar surface area (TPSA) is 58.3 Å². The first-order chi connectivity index (χ1) is 18.8. The van der Waals surface area contributed by atoms with E-state index in [1.807, 2.05) is 48.7 Å². The van der Waals surface area contributed by atoms with Gasteiger partial charge in [0, 0.05) is 43.6 Å². The molecule has 4 unspecified atom stereocenters. The van der Waals surface area contributed by atoms with Gasteiger partial charge in [0.25, 0.3) is 0 Å². The zero-order valence-corrected chi connectivity index (χ0v) is 26.6. The summed E-state index contributed by atoms with van der Waals surface area (Å²) in [7, 11) is 0. The van der Waals surface area contributed by atoms with Crippen LogP contribution in [0.1, 0.15) is 66.2 Å². The van der Waals surface area contributed by atoms with Crippen LogP contribution in [-0.4, -0.2) is 32.0 Å². The molecular formula is C35H43IrN2O2-. The zero-order chi connectivity index (χ0) is 27.6. The molecule has 2 aromatic carbocycles. The monoisotopic (exact) mass is 716 g/mol. The quantitative estimate of drug-likeness (QED) is 0.212. The summed E-state index contributed by atoms with van der Waals surface area (Å²) in [4.78, 5) is 4.48. The predicted octanol–water partition coefficient (Wildman–Crippen LogP) is 7.85. The van der Waals surface area contributed by atoms with Gasteiger partial charge < -0.3 is 19.8 Å². The van der Waals surface area contributed by atoms with Crippen molar-refractivity contribution in [2.75, 3.05) is 0 Å². The van der Waals surface area contributed by atoms with Gasteiger partial charge in [0.1, 0.15) is 0 Å². The molecule has 2 saturated carbocycles. The summed E-state index contributed by atoms with van der Waals surface area (Å²) in [6.07, 6.45) is 7.76. The van der Waals surface area contributed by atoms with E-state index in [-0.39, 0.29) is 49.1 Å². The average Bonchev–Trinajstić information content (AvgIpc) is 3.38. The number of hydrogen-bond donors (Lipinski definition) is 2. The Balaban J connectivity index is 0.000000183. The Hall–Kier alpha value is -2.30. The summed E-state index contributed by atoms with van der Waals surface area (Å²) < 4.78 is 2.21. The van der Waals surface area contributed by atoms with Gasteiger partial charge in [-0.25, -0.2) is 0 Å². The predicted molar refractivity (Wildman–Crippen MR) is 160 cm³/mol. The Kier molecular flexibility index (Phi) is 9.73. The smallest absolute Gasteiger partial charge is 0.0649 e. The summed E-state index contributed by atoms with van der Waals surface area (Å²) in [6.45, 7) is 8.71. The molecule has 1 radical (unpaired) electrons. The van der Waals surface area contributed by atoms with Crippen molar-refractivity contribution in [3.8, 4) is 17.1 Å². The van der Waals surface area contributed by atoms with Gasteiger partial charge in [-0.2, -0.15) is 0 Å². The van der Waals surface area contributed by atoms with Crippen molar-refractivity contribution in [3.05, 3.63) is 85.1 Å². The summed E-state index contributed by atoms with van der Waals surface area (Å²) in [5, 5.41) is 22.6. The molecule has 0 spiro atoms. The third-order valence-corrected chi connectivity index (χ3v) is 10.0. The maximum absolute atomic E-state index is 10.8. The average molecular weight is 716 g/mol. The number of rotatable bonds is 4. The van der Waals surface area contributed by atoms with Crippen LogP contribution in [0.5, 0.6) is 0 Å². The van der Waals surface area contributed by atoms with Crippen molar-refractivity contribution < 1.29 is 30.3 Å². The van der Waals surface area contributed by atoms with Crippen LogP contribution in [0.15, 0.2) is 79.0 Å². The molecule has 0 amide bonds. The first-order valence-electron chi connectivity index (χ1n) is 14.7. The number of hydrogen-bond acceptors (Lipinski definition) is 3. The summed E-state index contributed by atoms with van der Waals surface area (Å²) in [5.74, 6) is 0.636. The largest absolute Gasteiger partial charge is 0.392 e. The van der Waals surface area contributed by atoms with Crippen LogP contribution in [0.3, 0.4) is 0 Å². The van der Waals surface area contributed by atoms with E-state index in [9.17, 15) is 10.2 Å². The number of aliphatic hydroxyl groups excluding tert-OH is 2. The molecule has 40 heavy (non-hydrogen) atoms. The molecule has 0 bridgehead atoms. The van der Waals surface area contributed by atoms with Gasteiger partial charge in [-0.1, -0.05) is 70.2 Å². The molecule has 2 N–H and O–H groups in total. The van der Waals surface area contributed by atoms with Crippen molar-refractivity contribution in [2.45, 2.75) is 78.4 Å². The van der Waals surface area contributed by atoms with Crippen molar-refractivity contribution in [1.82, 2.24) is 9.55 Å². The molecule has 0 saturated heterocycles. The minimum Gasteiger partial charge on any atom is -0.392 e. The normalized spacial score (nSPS) is 29.6. The van der Waals surface area contributed by atoms with E-state index in [1.54, 1.807) is 0 Å². The van der Waals surface area contributed by atoms with Crippen LogP contribution in [0.4, 0.5) is 0 Å². The van der Waals surface area contributed by atoms with Crippen molar-refractivity contribution in [2.24, 2.45) is 22.7 Å². The molecular weight excluding hydrogens is 673 g/mol. The van der Waals surface area contributed by atoms with E-state index in [0.717, 1.165) is 53.7 Å². The van der Waals surface area contributed by atoms with Gasteiger partial charge in [-0.3, -0.25) is 0 Å². The number of benzene rings is 2. The van der Waals surface area contributed by atoms with Gasteiger partial charge in [0.15, 0.2) is 0 Å². The summed E-state index contributed by atoms with van der Waals surface area (Å²) >= 11 is 0. The standard InChI is InChI=1S/C19H13N2.C16H30O2.Ir/c1-2-9-16(10-3-1)21-18-12-5-4-8-15(18)14-19(21)17-11-6-7-13-20-17;1-5-15(3)9-7-11-8-10-16(4,6-2)14(18)12(11)13(15)17;/h1-13H;11-14,17-18H,5-10H2,1-4H3;/q-1;;/t;11?,12?,13?,14?,15-,16+;. The SMILES string of the molecule is CC[C@@]1(C)CCC2CC[C@@](C)(CC)C(O)C2C1O.[Ir].[c-]1c(-c2ccccn2)n(-c2ccccc2)c2ccccc12. The van der Waals surface area contributed by atoms with Crippen LogP contribution >= 0.6 is 0 Å². The molecule has 0 aliphatic heterocycles. The minimum atomic E-state index is -0.331. The van der Waals surface area contributed by atoms with Gasteiger partial charge in [0.2, 0.25) is 0 Å². The minimum absolute atomic E-state index is 0. The van der Waals surface area contributed by atoms with Crippen LogP contribution in [0.2, 0.25) is 0 Å². The Morgan fingerprint density at radius 1 is 0.825 bits per heavy atom. The molecule has 4 aromatic rings. The molecule has 4 nitrogen and oxygen atoms in total. The van der Waals surface area contributed by atoms with E-state index in [1.165, 1.54) is 12.8 Å². The van der Waals surface area contributed by atoms with Crippen LogP contribution in [0.25, 0.3) is 28.0 Å². The maximum atomic E-state index is 10.8. The second-order valence-electron chi connectivity index (χ2n) is 12.2. The number of nitrogens with zero attached hydrogens (tertiary/aromatic N) is 2. The third kappa shape index (κ3) is 5.72. The fourth-order valence-corrected chi connectivity index (χ4v) is 6.85. The summed E-state index contributed by atoms with van der Waals surface area (Å²) in [5.41, 5.74) is 4.20. The van der Waals surface area contributed by atoms with Gasteiger partial charge >= 0.3 is 0 Å². The Morgan fingerprint density at radius 3 is 1.98 bits per heavy atom. The van der Waals surface area contributed by atoms with Crippen LogP contribution in [-0.2, 0) is 20.1 Å². The number of aromatic nitrogens is 2. The van der Waals surface area contributed by atoms with E-state index in [4.69, 9.17) is 0 Å². The Labute approximate surface area is 253 Å². The third-order valence-electron chi connectivity index (χ3n) is 10.0. The van der Waals surface area contributed by atoms with Crippen LogP contribution < -0.4 is 0 Å². The maximum Gasteiger partial charge on any atom is 0.0649 e. The van der Waals surface area contributed by atoms with Gasteiger partial charge in [-0.15, -0.1) is 23.6 Å². The second-order valence-corrected chi connectivity index (χ2v) is 12.2. The van der Waals surface area contributed by atoms with Crippen molar-refractivity contribution in [1.29, 1.82) is 0 Å². The fourth-order valence-electron chi connectivity index (χ4n) is 6.85. The zero-order valence-electron chi connectivity index (χ0n) is 24.2. The van der Waals surface area contributed by atoms with E-state index < -0.39 is 0 Å². The Morgan fingerprint density at radius 2 is 1.40 bits per heavy atom. The van der Waals surface area contributed by atoms with Gasteiger partial charge in [-0.05, 0) is 84.7 Å². The van der Waals surface area contributed by atoms with E-state index in [2.05, 4.69) is 73.6 Å². The first kappa shape index (κ1) is 30.7. The number of para-hydroxylation sites is 2. The molecule has 6 atom stereocenters. The first-order valence-corrected chi connectivity index (χ1v) is 14.7. The molecule has 215 valence electrons. The number of fused-ring (bicyclic) bond motifs is 2. The number of pyridine rings is 1. The van der Waals surface area contributed by atoms with Crippen LogP contribution in [0, 0.1) is 28.7 Å². The molecule has 2 heterocycles. The van der Waals surface area contributed by atoms with Gasteiger partial charge in [0.05, 0.1) is 12.2 Å². The Bertz CT molecular complexity index is 1350. The molecule has 5 heteroatoms. The number of aliphatic hydroxyl groups is 2. The molecule has 2 aromatic heterocycles. The molecule has 2 aliphatic rings. The van der Waals surface area contributed by atoms with E-state index >= 15 is 0 Å². The molecule has 2 fully saturated rings. The second kappa shape index (κ2) is 12.7.